The Balaban J connectivity index is 1.80. The van der Waals surface area contributed by atoms with E-state index in [0.717, 1.165) is 44.2 Å². The van der Waals surface area contributed by atoms with E-state index in [4.69, 9.17) is 0 Å². The molecule has 3 rings (SSSR count). The highest BCUT2D eigenvalue weighted by Crippen LogP contribution is 2.30. The lowest BCUT2D eigenvalue weighted by Gasteiger charge is -2.22. The molecular formula is C14H22N6O. The van der Waals surface area contributed by atoms with E-state index in [2.05, 4.69) is 37.5 Å². The molecular weight excluding hydrogens is 268 g/mol. The minimum atomic E-state index is -0.617. The van der Waals surface area contributed by atoms with Gasteiger partial charge >= 0.3 is 0 Å². The molecule has 0 unspecified atom stereocenters. The summed E-state index contributed by atoms with van der Waals surface area (Å²) in [5.41, 5.74) is 0.789. The Hall–Kier alpha value is -1.89. The molecule has 0 radical (unpaired) electrons. The lowest BCUT2D eigenvalue weighted by molar-refractivity contribution is 0.0614. The standard InChI is InChI=1S/C14H22N6O/c1-2-7-15-13-19-11(10-12(20-13)18-9-17-10)16-8-14(21)5-3-4-6-14/h9,21H,2-8H2,1H3,(H3,15,16,17,18,19,20). The maximum absolute atomic E-state index is 10.4. The van der Waals surface area contributed by atoms with Gasteiger partial charge in [-0.3, -0.25) is 0 Å². The number of hydrogen-bond donors (Lipinski definition) is 4. The van der Waals surface area contributed by atoms with Gasteiger partial charge in [-0.15, -0.1) is 0 Å². The van der Waals surface area contributed by atoms with Crippen molar-refractivity contribution in [3.63, 3.8) is 0 Å². The van der Waals surface area contributed by atoms with Crippen LogP contribution in [0, 0.1) is 0 Å². The summed E-state index contributed by atoms with van der Waals surface area (Å²) in [6, 6.07) is 0. The minimum absolute atomic E-state index is 0.505. The van der Waals surface area contributed by atoms with Crippen LogP contribution in [-0.4, -0.2) is 43.7 Å². The molecule has 0 amide bonds. The highest BCUT2D eigenvalue weighted by Gasteiger charge is 2.31. The Morgan fingerprint density at radius 2 is 2.10 bits per heavy atom. The Labute approximate surface area is 123 Å². The van der Waals surface area contributed by atoms with Crippen molar-refractivity contribution in [2.75, 3.05) is 23.7 Å². The van der Waals surface area contributed by atoms with E-state index >= 15 is 0 Å². The number of hydrogen-bond acceptors (Lipinski definition) is 6. The normalized spacial score (nSPS) is 17.2. The average molecular weight is 290 g/mol. The number of anilines is 2. The quantitative estimate of drug-likeness (QED) is 0.648. The first-order valence-electron chi connectivity index (χ1n) is 7.61. The van der Waals surface area contributed by atoms with Gasteiger partial charge < -0.3 is 20.7 Å². The lowest BCUT2D eigenvalue weighted by Crippen LogP contribution is -2.33. The zero-order valence-electron chi connectivity index (χ0n) is 12.3. The molecule has 2 aromatic heterocycles. The zero-order valence-corrected chi connectivity index (χ0v) is 12.3. The van der Waals surface area contributed by atoms with E-state index in [-0.39, 0.29) is 0 Å². The van der Waals surface area contributed by atoms with Gasteiger partial charge in [0.2, 0.25) is 5.95 Å². The van der Waals surface area contributed by atoms with Gasteiger partial charge in [-0.05, 0) is 19.3 Å². The second-order valence-corrected chi connectivity index (χ2v) is 5.71. The number of aromatic amines is 1. The Morgan fingerprint density at radius 3 is 2.86 bits per heavy atom. The molecule has 1 saturated carbocycles. The number of aliphatic hydroxyl groups is 1. The summed E-state index contributed by atoms with van der Waals surface area (Å²) < 4.78 is 0. The first-order valence-corrected chi connectivity index (χ1v) is 7.61. The van der Waals surface area contributed by atoms with Crippen LogP contribution >= 0.6 is 0 Å². The maximum Gasteiger partial charge on any atom is 0.226 e. The fourth-order valence-electron chi connectivity index (χ4n) is 2.74. The van der Waals surface area contributed by atoms with E-state index in [0.29, 0.717) is 24.0 Å². The van der Waals surface area contributed by atoms with Gasteiger partial charge in [0, 0.05) is 13.1 Å². The Morgan fingerprint density at radius 1 is 1.29 bits per heavy atom. The second kappa shape index (κ2) is 5.85. The number of nitrogens with zero attached hydrogens (tertiary/aromatic N) is 3. The molecule has 1 aliphatic rings. The predicted octanol–water partition coefficient (Wildman–Crippen LogP) is 1.89. The summed E-state index contributed by atoms with van der Waals surface area (Å²) in [7, 11) is 0. The highest BCUT2D eigenvalue weighted by atomic mass is 16.3. The van der Waals surface area contributed by atoms with Gasteiger partial charge in [0.15, 0.2) is 11.5 Å². The maximum atomic E-state index is 10.4. The zero-order chi connectivity index (χ0) is 14.7. The Bertz CT molecular complexity index is 605. The fraction of sp³-hybridized carbons (Fsp3) is 0.643. The first kappa shape index (κ1) is 14.1. The highest BCUT2D eigenvalue weighted by molar-refractivity contribution is 5.83. The summed E-state index contributed by atoms with van der Waals surface area (Å²) in [6.45, 7) is 3.42. The molecule has 0 aliphatic heterocycles. The number of H-pyrrole nitrogens is 1. The van der Waals surface area contributed by atoms with Gasteiger partial charge in [0.05, 0.1) is 11.9 Å². The molecule has 0 aromatic carbocycles. The van der Waals surface area contributed by atoms with Gasteiger partial charge in [0.25, 0.3) is 0 Å². The van der Waals surface area contributed by atoms with Crippen molar-refractivity contribution < 1.29 is 5.11 Å². The summed E-state index contributed by atoms with van der Waals surface area (Å²) >= 11 is 0. The van der Waals surface area contributed by atoms with Gasteiger partial charge in [-0.1, -0.05) is 19.8 Å². The van der Waals surface area contributed by atoms with Gasteiger partial charge in [-0.2, -0.15) is 9.97 Å². The van der Waals surface area contributed by atoms with Crippen LogP contribution in [0.1, 0.15) is 39.0 Å². The SMILES string of the molecule is CCCNc1nc(NCC2(O)CCCC2)c2[nH]cnc2n1. The third-order valence-electron chi connectivity index (χ3n) is 3.94. The van der Waals surface area contributed by atoms with Crippen molar-refractivity contribution in [2.45, 2.75) is 44.6 Å². The van der Waals surface area contributed by atoms with Crippen LogP contribution < -0.4 is 10.6 Å². The molecule has 7 nitrogen and oxygen atoms in total. The lowest BCUT2D eigenvalue weighted by atomic mass is 10.0. The minimum Gasteiger partial charge on any atom is -0.388 e. The van der Waals surface area contributed by atoms with Crippen molar-refractivity contribution in [3.05, 3.63) is 6.33 Å². The topological polar surface area (TPSA) is 98.8 Å². The molecule has 1 fully saturated rings. The van der Waals surface area contributed by atoms with Crippen LogP contribution in [0.2, 0.25) is 0 Å². The van der Waals surface area contributed by atoms with Crippen LogP contribution in [0.5, 0.6) is 0 Å². The Kier molecular flexibility index (Phi) is 3.92. The van der Waals surface area contributed by atoms with Crippen LogP contribution in [0.25, 0.3) is 11.2 Å². The van der Waals surface area contributed by atoms with Gasteiger partial charge in [-0.25, -0.2) is 4.98 Å². The average Bonchev–Trinajstić information content (AvgIpc) is 3.12. The molecule has 4 N–H and O–H groups in total. The molecule has 0 spiro atoms. The predicted molar refractivity (Wildman–Crippen MR) is 82.4 cm³/mol. The van der Waals surface area contributed by atoms with E-state index in [1.165, 1.54) is 0 Å². The van der Waals surface area contributed by atoms with Crippen LogP contribution in [0.15, 0.2) is 6.33 Å². The number of fused-ring (bicyclic) bond motifs is 1. The van der Waals surface area contributed by atoms with Crippen LogP contribution in [0.4, 0.5) is 11.8 Å². The smallest absolute Gasteiger partial charge is 0.226 e. The summed E-state index contributed by atoms with van der Waals surface area (Å²) in [5.74, 6) is 1.26. The fourth-order valence-corrected chi connectivity index (χ4v) is 2.74. The van der Waals surface area contributed by atoms with Crippen molar-refractivity contribution in [1.82, 2.24) is 19.9 Å². The number of nitrogens with one attached hydrogen (secondary N) is 3. The van der Waals surface area contributed by atoms with Crippen molar-refractivity contribution >= 4 is 22.9 Å². The number of rotatable bonds is 6. The van der Waals surface area contributed by atoms with Crippen LogP contribution in [0.3, 0.4) is 0 Å². The van der Waals surface area contributed by atoms with E-state index in [9.17, 15) is 5.11 Å². The summed E-state index contributed by atoms with van der Waals surface area (Å²) in [6.07, 6.45) is 6.48. The molecule has 114 valence electrons. The molecule has 0 atom stereocenters. The van der Waals surface area contributed by atoms with Crippen molar-refractivity contribution in [3.8, 4) is 0 Å². The molecule has 2 aromatic rings. The van der Waals surface area contributed by atoms with Gasteiger partial charge in [0.1, 0.15) is 5.52 Å². The largest absolute Gasteiger partial charge is 0.388 e. The number of imidazole rings is 1. The van der Waals surface area contributed by atoms with E-state index < -0.39 is 5.60 Å². The molecule has 1 aliphatic carbocycles. The van der Waals surface area contributed by atoms with E-state index in [1.807, 2.05) is 0 Å². The molecule has 0 saturated heterocycles. The van der Waals surface area contributed by atoms with Crippen molar-refractivity contribution in [1.29, 1.82) is 0 Å². The number of aromatic nitrogens is 4. The third-order valence-corrected chi connectivity index (χ3v) is 3.94. The molecule has 2 heterocycles. The third kappa shape index (κ3) is 3.07. The molecule has 7 heteroatoms. The van der Waals surface area contributed by atoms with Crippen LogP contribution in [-0.2, 0) is 0 Å². The van der Waals surface area contributed by atoms with E-state index in [1.54, 1.807) is 6.33 Å². The monoisotopic (exact) mass is 290 g/mol. The molecule has 21 heavy (non-hydrogen) atoms. The summed E-state index contributed by atoms with van der Waals surface area (Å²) in [4.78, 5) is 16.1. The second-order valence-electron chi connectivity index (χ2n) is 5.71. The summed E-state index contributed by atoms with van der Waals surface area (Å²) in [5, 5.41) is 16.9. The molecule has 0 bridgehead atoms. The van der Waals surface area contributed by atoms with Crippen molar-refractivity contribution in [2.24, 2.45) is 0 Å². The first-order chi connectivity index (χ1) is 10.2.